The minimum absolute atomic E-state index is 0.0811. The van der Waals surface area contributed by atoms with E-state index < -0.39 is 5.41 Å². The van der Waals surface area contributed by atoms with E-state index in [1.165, 1.54) is 6.42 Å². The fraction of sp³-hybridized carbons (Fsp3) is 0.867. The van der Waals surface area contributed by atoms with Gasteiger partial charge in [-0.05, 0) is 39.0 Å². The lowest BCUT2D eigenvalue weighted by Gasteiger charge is -2.36. The second-order valence-electron chi connectivity index (χ2n) is 6.78. The molecule has 4 heteroatoms. The van der Waals surface area contributed by atoms with Gasteiger partial charge in [-0.1, -0.05) is 13.8 Å². The standard InChI is InChI=1S/C15H27N3O/c1-11-6-12(2)8-18(7-11)9-13(3)17-14(19)15(4,5)10-16/h11-13H,6-9H2,1-5H3,(H,17,19). The van der Waals surface area contributed by atoms with Crippen molar-refractivity contribution in [3.8, 4) is 6.07 Å². The fourth-order valence-electron chi connectivity index (χ4n) is 2.83. The molecule has 1 N–H and O–H groups in total. The fourth-order valence-corrected chi connectivity index (χ4v) is 2.83. The van der Waals surface area contributed by atoms with Crippen LogP contribution in [0.5, 0.6) is 0 Å². The summed E-state index contributed by atoms with van der Waals surface area (Å²) >= 11 is 0. The minimum Gasteiger partial charge on any atom is -0.351 e. The zero-order valence-corrected chi connectivity index (χ0v) is 12.9. The van der Waals surface area contributed by atoms with Crippen molar-refractivity contribution in [2.45, 2.75) is 47.1 Å². The lowest BCUT2D eigenvalue weighted by atomic mass is 9.91. The highest BCUT2D eigenvalue weighted by Crippen LogP contribution is 2.21. The molecule has 1 fully saturated rings. The number of carbonyl (C=O) groups excluding carboxylic acids is 1. The summed E-state index contributed by atoms with van der Waals surface area (Å²) in [6, 6.07) is 2.12. The smallest absolute Gasteiger partial charge is 0.240 e. The lowest BCUT2D eigenvalue weighted by molar-refractivity contribution is -0.127. The number of nitrogens with one attached hydrogen (secondary N) is 1. The molecule has 0 radical (unpaired) electrons. The van der Waals surface area contributed by atoms with Crippen LogP contribution in [0.25, 0.3) is 0 Å². The Balaban J connectivity index is 2.45. The zero-order chi connectivity index (χ0) is 14.6. The third kappa shape index (κ3) is 4.83. The first-order chi connectivity index (χ1) is 8.74. The quantitative estimate of drug-likeness (QED) is 0.846. The molecule has 3 unspecified atom stereocenters. The molecule has 0 spiro atoms. The minimum atomic E-state index is -0.948. The molecule has 1 saturated heterocycles. The summed E-state index contributed by atoms with van der Waals surface area (Å²) in [6.07, 6.45) is 1.29. The van der Waals surface area contributed by atoms with Crippen molar-refractivity contribution < 1.29 is 4.79 Å². The summed E-state index contributed by atoms with van der Waals surface area (Å²) in [5.74, 6) is 1.27. The number of likely N-dealkylation sites (tertiary alicyclic amines) is 1. The SMILES string of the molecule is CC1CC(C)CN(CC(C)NC(=O)C(C)(C)C#N)C1. The molecule has 0 aromatic rings. The summed E-state index contributed by atoms with van der Waals surface area (Å²) in [5, 5.41) is 11.9. The number of hydrogen-bond acceptors (Lipinski definition) is 3. The van der Waals surface area contributed by atoms with E-state index in [0.29, 0.717) is 0 Å². The van der Waals surface area contributed by atoms with Crippen molar-refractivity contribution in [1.29, 1.82) is 5.26 Å². The Morgan fingerprint density at radius 2 is 1.95 bits per heavy atom. The van der Waals surface area contributed by atoms with E-state index >= 15 is 0 Å². The maximum absolute atomic E-state index is 11.9. The van der Waals surface area contributed by atoms with Gasteiger partial charge in [0.1, 0.15) is 5.41 Å². The van der Waals surface area contributed by atoms with Gasteiger partial charge in [-0.15, -0.1) is 0 Å². The first-order valence-corrected chi connectivity index (χ1v) is 7.19. The van der Waals surface area contributed by atoms with Crippen LogP contribution in [0.1, 0.15) is 41.0 Å². The molecular formula is C15H27N3O. The van der Waals surface area contributed by atoms with Gasteiger partial charge in [0.05, 0.1) is 6.07 Å². The lowest BCUT2D eigenvalue weighted by Crippen LogP contribution is -2.49. The second kappa shape index (κ2) is 6.38. The molecule has 0 aliphatic carbocycles. The predicted molar refractivity (Wildman–Crippen MR) is 76.4 cm³/mol. The van der Waals surface area contributed by atoms with Crippen molar-refractivity contribution in [2.75, 3.05) is 19.6 Å². The first kappa shape index (κ1) is 16.0. The summed E-state index contributed by atoms with van der Waals surface area (Å²) in [5.41, 5.74) is -0.948. The van der Waals surface area contributed by atoms with E-state index in [-0.39, 0.29) is 11.9 Å². The van der Waals surface area contributed by atoms with Crippen LogP contribution in [-0.2, 0) is 4.79 Å². The van der Waals surface area contributed by atoms with Crippen LogP contribution in [0, 0.1) is 28.6 Å². The number of amides is 1. The van der Waals surface area contributed by atoms with Gasteiger partial charge in [0.25, 0.3) is 0 Å². The van der Waals surface area contributed by atoms with E-state index in [0.717, 1.165) is 31.5 Å². The molecule has 0 saturated carbocycles. The Morgan fingerprint density at radius 1 is 1.42 bits per heavy atom. The number of carbonyl (C=O) groups is 1. The molecule has 1 amide bonds. The molecule has 4 nitrogen and oxygen atoms in total. The Morgan fingerprint density at radius 3 is 2.42 bits per heavy atom. The van der Waals surface area contributed by atoms with Gasteiger partial charge in [-0.3, -0.25) is 4.79 Å². The van der Waals surface area contributed by atoms with E-state index in [9.17, 15) is 4.79 Å². The van der Waals surface area contributed by atoms with Gasteiger partial charge in [0, 0.05) is 25.7 Å². The van der Waals surface area contributed by atoms with Crippen LogP contribution in [0.2, 0.25) is 0 Å². The molecule has 1 rings (SSSR count). The van der Waals surface area contributed by atoms with E-state index in [1.54, 1.807) is 13.8 Å². The van der Waals surface area contributed by atoms with Gasteiger partial charge >= 0.3 is 0 Å². The molecular weight excluding hydrogens is 238 g/mol. The third-order valence-electron chi connectivity index (χ3n) is 3.70. The molecule has 0 aromatic carbocycles. The third-order valence-corrected chi connectivity index (χ3v) is 3.70. The van der Waals surface area contributed by atoms with Gasteiger partial charge in [0.2, 0.25) is 5.91 Å². The van der Waals surface area contributed by atoms with Crippen LogP contribution in [-0.4, -0.2) is 36.5 Å². The van der Waals surface area contributed by atoms with Gasteiger partial charge in [-0.25, -0.2) is 0 Å². The monoisotopic (exact) mass is 265 g/mol. The summed E-state index contributed by atoms with van der Waals surface area (Å²) in [6.45, 7) is 12.9. The molecule has 108 valence electrons. The van der Waals surface area contributed by atoms with Crippen LogP contribution in [0.3, 0.4) is 0 Å². The predicted octanol–water partition coefficient (Wildman–Crippen LogP) is 2.02. The molecule has 1 aliphatic rings. The van der Waals surface area contributed by atoms with Crippen molar-refractivity contribution >= 4 is 5.91 Å². The summed E-state index contributed by atoms with van der Waals surface area (Å²) in [7, 11) is 0. The Labute approximate surface area is 117 Å². The molecule has 19 heavy (non-hydrogen) atoms. The average molecular weight is 265 g/mol. The number of nitriles is 1. The summed E-state index contributed by atoms with van der Waals surface area (Å²) < 4.78 is 0. The Kier molecular flexibility index (Phi) is 5.37. The highest BCUT2D eigenvalue weighted by Gasteiger charge is 2.29. The number of rotatable bonds is 4. The van der Waals surface area contributed by atoms with Gasteiger partial charge in [0.15, 0.2) is 0 Å². The van der Waals surface area contributed by atoms with Crippen LogP contribution in [0.15, 0.2) is 0 Å². The van der Waals surface area contributed by atoms with Crippen LogP contribution < -0.4 is 5.32 Å². The average Bonchev–Trinajstić information content (AvgIpc) is 2.27. The highest BCUT2D eigenvalue weighted by molar-refractivity contribution is 5.84. The molecule has 3 atom stereocenters. The molecule has 1 heterocycles. The largest absolute Gasteiger partial charge is 0.351 e. The normalized spacial score (nSPS) is 26.5. The molecule has 0 aromatic heterocycles. The number of hydrogen-bond donors (Lipinski definition) is 1. The van der Waals surface area contributed by atoms with E-state index in [2.05, 4.69) is 24.1 Å². The first-order valence-electron chi connectivity index (χ1n) is 7.19. The Bertz CT molecular complexity index is 349. The van der Waals surface area contributed by atoms with E-state index in [1.807, 2.05) is 13.0 Å². The topological polar surface area (TPSA) is 56.1 Å². The number of nitrogens with zero attached hydrogens (tertiary/aromatic N) is 2. The van der Waals surface area contributed by atoms with Crippen molar-refractivity contribution in [3.63, 3.8) is 0 Å². The van der Waals surface area contributed by atoms with Crippen LogP contribution >= 0.6 is 0 Å². The maximum atomic E-state index is 11.9. The van der Waals surface area contributed by atoms with Crippen molar-refractivity contribution in [2.24, 2.45) is 17.3 Å². The maximum Gasteiger partial charge on any atom is 0.240 e. The highest BCUT2D eigenvalue weighted by atomic mass is 16.2. The van der Waals surface area contributed by atoms with Crippen LogP contribution in [0.4, 0.5) is 0 Å². The molecule has 1 aliphatic heterocycles. The Hall–Kier alpha value is -1.08. The van der Waals surface area contributed by atoms with Gasteiger partial charge in [-0.2, -0.15) is 5.26 Å². The van der Waals surface area contributed by atoms with Crippen molar-refractivity contribution in [3.05, 3.63) is 0 Å². The van der Waals surface area contributed by atoms with Crippen molar-refractivity contribution in [1.82, 2.24) is 10.2 Å². The second-order valence-corrected chi connectivity index (χ2v) is 6.78. The summed E-state index contributed by atoms with van der Waals surface area (Å²) in [4.78, 5) is 14.3. The van der Waals surface area contributed by atoms with E-state index in [4.69, 9.17) is 5.26 Å². The van der Waals surface area contributed by atoms with Gasteiger partial charge < -0.3 is 10.2 Å². The molecule has 0 bridgehead atoms. The zero-order valence-electron chi connectivity index (χ0n) is 12.9. The number of piperidine rings is 1.